The third-order valence-corrected chi connectivity index (χ3v) is 7.56. The minimum absolute atomic E-state index is 0.145. The van der Waals surface area contributed by atoms with E-state index < -0.39 is 64.9 Å². The van der Waals surface area contributed by atoms with Crippen molar-refractivity contribution < 1.29 is 23.9 Å². The highest BCUT2D eigenvalue weighted by Gasteiger charge is 2.77. The van der Waals surface area contributed by atoms with E-state index in [0.29, 0.717) is 5.92 Å². The number of hydrogen-bond acceptors (Lipinski definition) is 3. The highest BCUT2D eigenvalue weighted by Crippen LogP contribution is 2.57. The number of rotatable bonds is 14. The van der Waals surface area contributed by atoms with Gasteiger partial charge < -0.3 is 4.74 Å². The van der Waals surface area contributed by atoms with Crippen LogP contribution in [0.3, 0.4) is 0 Å². The maximum atomic E-state index is 13.7. The monoisotopic (exact) mass is 473 g/mol. The number of carbonyl (C=O) groups is 2. The first-order valence-electron chi connectivity index (χ1n) is 16.6. The molecule has 0 bridgehead atoms. The molecule has 4 unspecified atom stereocenters. The summed E-state index contributed by atoms with van der Waals surface area (Å²) >= 11 is 0. The largest absolute Gasteiger partial charge is 0.345 e. The molecule has 3 rings (SSSR count). The molecule has 4 atom stereocenters. The van der Waals surface area contributed by atoms with Crippen LogP contribution >= 0.6 is 0 Å². The molecule has 34 heavy (non-hydrogen) atoms. The van der Waals surface area contributed by atoms with Crippen LogP contribution < -0.4 is 0 Å². The zero-order chi connectivity index (χ0) is 30.9. The molecule has 0 radical (unpaired) electrons. The van der Waals surface area contributed by atoms with E-state index in [1.54, 1.807) is 6.08 Å². The van der Waals surface area contributed by atoms with E-state index in [9.17, 15) is 9.59 Å². The highest BCUT2D eigenvalue weighted by molar-refractivity contribution is 6.25. The first-order chi connectivity index (χ1) is 19.0. The summed E-state index contributed by atoms with van der Waals surface area (Å²) in [7, 11) is 0. The van der Waals surface area contributed by atoms with Crippen molar-refractivity contribution in [1.82, 2.24) is 0 Å². The zero-order valence-corrected chi connectivity index (χ0v) is 21.6. The van der Waals surface area contributed by atoms with E-state index >= 15 is 0 Å². The number of carbonyl (C=O) groups excluding carboxylic acids is 2. The van der Waals surface area contributed by atoms with Crippen molar-refractivity contribution in [2.24, 2.45) is 17.8 Å². The Morgan fingerprint density at radius 3 is 2.09 bits per heavy atom. The lowest BCUT2D eigenvalue weighted by molar-refractivity contribution is 0.0847. The quantitative estimate of drug-likeness (QED) is 0.201. The lowest BCUT2D eigenvalue weighted by atomic mass is 9.73. The van der Waals surface area contributed by atoms with Gasteiger partial charge in [-0.3, -0.25) is 9.59 Å². The Bertz CT molecular complexity index is 1190. The summed E-state index contributed by atoms with van der Waals surface area (Å²) in [5.41, 5.74) is -4.56. The zero-order valence-electron chi connectivity index (χ0n) is 28.6. The van der Waals surface area contributed by atoms with Crippen LogP contribution in [0.4, 0.5) is 0 Å². The maximum absolute atomic E-state index is 13.7. The Labute approximate surface area is 217 Å². The molecule has 1 aromatic rings. The Hall–Kier alpha value is -1.74. The van der Waals surface area contributed by atoms with Gasteiger partial charge in [0.05, 0.1) is 5.48 Å². The van der Waals surface area contributed by atoms with Crippen LogP contribution in [0.5, 0.6) is 0 Å². The molecule has 3 heteroatoms. The van der Waals surface area contributed by atoms with Gasteiger partial charge in [-0.25, -0.2) is 0 Å². The Morgan fingerprint density at radius 2 is 1.50 bits per heavy atom. The van der Waals surface area contributed by atoms with Gasteiger partial charge in [-0.1, -0.05) is 108 Å². The number of ketones is 2. The molecule has 0 spiro atoms. The van der Waals surface area contributed by atoms with E-state index in [1.807, 2.05) is 6.92 Å². The molecule has 188 valence electrons. The van der Waals surface area contributed by atoms with Gasteiger partial charge in [-0.15, -0.1) is 0 Å². The highest BCUT2D eigenvalue weighted by atomic mass is 16.6. The molecule has 0 amide bonds. The smallest absolute Gasteiger partial charge is 0.199 e. The molecule has 1 aliphatic heterocycles. The number of Topliss-reactive ketones (excluding diaryl/α,β-unsaturated/α-hetero) is 2. The van der Waals surface area contributed by atoms with E-state index in [4.69, 9.17) is 14.3 Å². The minimum atomic E-state index is -2.99. The van der Waals surface area contributed by atoms with Gasteiger partial charge in [0.25, 0.3) is 0 Å². The second-order valence-corrected chi connectivity index (χ2v) is 11.1. The fourth-order valence-electron chi connectivity index (χ4n) is 5.11. The summed E-state index contributed by atoms with van der Waals surface area (Å²) < 4.78 is 62.1. The van der Waals surface area contributed by atoms with Crippen molar-refractivity contribution in [2.45, 2.75) is 117 Å². The van der Waals surface area contributed by atoms with E-state index in [-0.39, 0.29) is 6.42 Å². The molecule has 1 saturated heterocycles. The SMILES string of the molecule is [2H]c1c([2H])c([2H])c2c(c1[2H])C(=O)C1(C/C=C(\C)CCCC(C)CCCC(C)CCCC(C)C)OC1(C([2H])([2H])[2H])C2=O. The lowest BCUT2D eigenvalue weighted by Crippen LogP contribution is -2.43. The van der Waals surface area contributed by atoms with Crippen molar-refractivity contribution in [3.63, 3.8) is 0 Å². The topological polar surface area (TPSA) is 46.7 Å². The Kier molecular flexibility index (Phi) is 6.17. The fraction of sp³-hybridized carbons (Fsp3) is 0.677. The molecule has 2 aliphatic rings. The van der Waals surface area contributed by atoms with Crippen LogP contribution in [0.2, 0.25) is 0 Å². The lowest BCUT2D eigenvalue weighted by Gasteiger charge is -2.22. The Morgan fingerprint density at radius 1 is 0.941 bits per heavy atom. The first kappa shape index (κ1) is 18.5. The van der Waals surface area contributed by atoms with Crippen molar-refractivity contribution >= 4 is 11.6 Å². The summed E-state index contributed by atoms with van der Waals surface area (Å²) in [4.78, 5) is 27.2. The predicted molar refractivity (Wildman–Crippen MR) is 140 cm³/mol. The average molecular weight is 474 g/mol. The average Bonchev–Trinajstić information content (AvgIpc) is 3.60. The third kappa shape index (κ3) is 5.90. The van der Waals surface area contributed by atoms with Gasteiger partial charge in [0.15, 0.2) is 22.8 Å². The number of fused-ring (bicyclic) bond motifs is 2. The molecule has 0 aromatic heterocycles. The minimum Gasteiger partial charge on any atom is -0.345 e. The van der Waals surface area contributed by atoms with Crippen LogP contribution in [0.25, 0.3) is 0 Å². The normalized spacial score (nSPS) is 29.1. The van der Waals surface area contributed by atoms with Crippen LogP contribution in [-0.4, -0.2) is 22.8 Å². The van der Waals surface area contributed by atoms with E-state index in [1.165, 1.54) is 38.5 Å². The molecule has 1 heterocycles. The second-order valence-electron chi connectivity index (χ2n) is 11.1. The van der Waals surface area contributed by atoms with Crippen LogP contribution in [0.1, 0.15) is 136 Å². The number of allylic oxidation sites excluding steroid dienone is 1. The van der Waals surface area contributed by atoms with Crippen LogP contribution in [0, 0.1) is 17.8 Å². The van der Waals surface area contributed by atoms with Gasteiger partial charge in [0, 0.05) is 21.7 Å². The van der Waals surface area contributed by atoms with E-state index in [0.717, 1.165) is 36.7 Å². The van der Waals surface area contributed by atoms with Crippen LogP contribution in [0.15, 0.2) is 35.8 Å². The molecule has 3 nitrogen and oxygen atoms in total. The molecule has 1 aliphatic carbocycles. The Balaban J connectivity index is 1.62. The molecular weight excluding hydrogens is 420 g/mol. The van der Waals surface area contributed by atoms with Crippen molar-refractivity contribution in [3.05, 3.63) is 46.9 Å². The summed E-state index contributed by atoms with van der Waals surface area (Å²) in [6, 6.07) is -2.69. The summed E-state index contributed by atoms with van der Waals surface area (Å²) in [6.45, 7) is 8.09. The van der Waals surface area contributed by atoms with Crippen LogP contribution in [-0.2, 0) is 4.74 Å². The molecule has 1 aromatic carbocycles. The van der Waals surface area contributed by atoms with Gasteiger partial charge >= 0.3 is 0 Å². The van der Waals surface area contributed by atoms with Crippen molar-refractivity contribution in [3.8, 4) is 0 Å². The fourth-order valence-corrected chi connectivity index (χ4v) is 5.11. The summed E-state index contributed by atoms with van der Waals surface area (Å²) in [5.74, 6) is 0.188. The van der Waals surface area contributed by atoms with E-state index in [2.05, 4.69) is 27.7 Å². The standard InChI is InChI=1S/C31H46O3/c1-22(2)12-9-13-23(3)14-10-15-24(4)16-11-17-25(5)20-21-31-29(33)27-19-8-7-18-26(27)28(32)30(31,6)34-31/h7-8,18-20,22-24H,9-17,21H2,1-6H3/b25-20+/i6D3,7D,8D,18D,19D. The van der Waals surface area contributed by atoms with Gasteiger partial charge in [0.2, 0.25) is 0 Å². The number of epoxide rings is 1. The summed E-state index contributed by atoms with van der Waals surface area (Å²) in [6.07, 6.45) is 12.0. The maximum Gasteiger partial charge on any atom is 0.199 e. The molecular formula is C31H46O3. The predicted octanol–water partition coefficient (Wildman–Crippen LogP) is 8.37. The van der Waals surface area contributed by atoms with Gasteiger partial charge in [0.1, 0.15) is 0 Å². The first-order valence-corrected chi connectivity index (χ1v) is 13.1. The molecule has 0 N–H and O–H groups in total. The van der Waals surface area contributed by atoms with Gasteiger partial charge in [-0.05, 0) is 44.4 Å². The summed E-state index contributed by atoms with van der Waals surface area (Å²) in [5, 5.41) is 0. The number of hydrogen-bond donors (Lipinski definition) is 0. The van der Waals surface area contributed by atoms with Crippen molar-refractivity contribution in [1.29, 1.82) is 0 Å². The molecule has 1 fully saturated rings. The van der Waals surface area contributed by atoms with Gasteiger partial charge in [-0.2, -0.15) is 0 Å². The second kappa shape index (κ2) is 11.3. The number of benzene rings is 1. The number of ether oxygens (including phenoxy) is 1. The third-order valence-electron chi connectivity index (χ3n) is 7.56. The van der Waals surface area contributed by atoms with Crippen molar-refractivity contribution in [2.75, 3.05) is 0 Å². The molecule has 0 saturated carbocycles.